The van der Waals surface area contributed by atoms with Crippen molar-refractivity contribution in [3.05, 3.63) is 29.8 Å². The van der Waals surface area contributed by atoms with Crippen molar-refractivity contribution < 1.29 is 27.8 Å². The molecule has 1 fully saturated rings. The molecule has 2 rings (SSSR count). The van der Waals surface area contributed by atoms with E-state index in [0.717, 1.165) is 31.8 Å². The van der Waals surface area contributed by atoms with Crippen LogP contribution in [0.2, 0.25) is 0 Å². The topological polar surface area (TPSA) is 49.8 Å². The first-order valence-corrected chi connectivity index (χ1v) is 7.61. The van der Waals surface area contributed by atoms with Gasteiger partial charge in [-0.3, -0.25) is 4.79 Å². The molecule has 24 heavy (non-hydrogen) atoms. The summed E-state index contributed by atoms with van der Waals surface area (Å²) in [5.74, 6) is -0.783. The Labute approximate surface area is 145 Å². The summed E-state index contributed by atoms with van der Waals surface area (Å²) in [6.07, 6.45) is -2.39. The third-order valence-electron chi connectivity index (χ3n) is 3.99. The van der Waals surface area contributed by atoms with Gasteiger partial charge in [0, 0.05) is 6.54 Å². The number of hydrogen-bond acceptors (Lipinski definition) is 3. The zero-order chi connectivity index (χ0) is 16.9. The first-order valence-electron chi connectivity index (χ1n) is 7.61. The molecule has 1 aromatic rings. The molecule has 0 saturated carbocycles. The number of piperidine rings is 1. The van der Waals surface area contributed by atoms with Gasteiger partial charge >= 0.3 is 12.1 Å². The fourth-order valence-corrected chi connectivity index (χ4v) is 2.64. The van der Waals surface area contributed by atoms with Crippen molar-refractivity contribution in [3.8, 4) is 5.75 Å². The standard InChI is InChI=1S/C16H20F3NO3.ClH/c17-16(18,19)13-3-1-4-14(11-13)23-10-2-7-20-8-5-12(6-9-20)15(21)22;/h1,3-4,11-12H,2,5-10H2,(H,21,22);1H. The molecule has 0 amide bonds. The Balaban J connectivity index is 0.00000288. The van der Waals surface area contributed by atoms with Gasteiger partial charge in [-0.15, -0.1) is 12.4 Å². The molecule has 0 spiro atoms. The van der Waals surface area contributed by atoms with Gasteiger partial charge < -0.3 is 14.7 Å². The van der Waals surface area contributed by atoms with Crippen molar-refractivity contribution in [1.29, 1.82) is 0 Å². The Kier molecular flexibility index (Phi) is 7.83. The van der Waals surface area contributed by atoms with Crippen LogP contribution in [-0.4, -0.2) is 42.2 Å². The summed E-state index contributed by atoms with van der Waals surface area (Å²) in [6.45, 7) is 2.56. The average Bonchev–Trinajstić information content (AvgIpc) is 2.51. The molecule has 4 nitrogen and oxygen atoms in total. The molecule has 136 valence electrons. The Hall–Kier alpha value is -1.47. The highest BCUT2D eigenvalue weighted by molar-refractivity contribution is 5.85. The van der Waals surface area contributed by atoms with Crippen LogP contribution in [0, 0.1) is 5.92 Å². The predicted octanol–water partition coefficient (Wildman–Crippen LogP) is 3.69. The number of ether oxygens (including phenoxy) is 1. The monoisotopic (exact) mass is 367 g/mol. The summed E-state index contributed by atoms with van der Waals surface area (Å²) in [6, 6.07) is 4.85. The van der Waals surface area contributed by atoms with Gasteiger partial charge in [0.1, 0.15) is 5.75 Å². The Morgan fingerprint density at radius 3 is 2.54 bits per heavy atom. The number of benzene rings is 1. The average molecular weight is 368 g/mol. The van der Waals surface area contributed by atoms with E-state index in [1.807, 2.05) is 0 Å². The lowest BCUT2D eigenvalue weighted by atomic mass is 9.97. The fourth-order valence-electron chi connectivity index (χ4n) is 2.64. The van der Waals surface area contributed by atoms with E-state index >= 15 is 0 Å². The number of carboxylic acids is 1. The highest BCUT2D eigenvalue weighted by atomic mass is 35.5. The SMILES string of the molecule is Cl.O=C(O)C1CCN(CCCOc2cccc(C(F)(F)F)c2)CC1. The van der Waals surface area contributed by atoms with Gasteiger partial charge in [0.25, 0.3) is 0 Å². The number of alkyl halides is 3. The van der Waals surface area contributed by atoms with Gasteiger partial charge in [-0.1, -0.05) is 6.07 Å². The van der Waals surface area contributed by atoms with E-state index in [-0.39, 0.29) is 24.1 Å². The van der Waals surface area contributed by atoms with Crippen LogP contribution >= 0.6 is 12.4 Å². The van der Waals surface area contributed by atoms with Crippen LogP contribution < -0.4 is 4.74 Å². The van der Waals surface area contributed by atoms with E-state index in [1.165, 1.54) is 12.1 Å². The van der Waals surface area contributed by atoms with Gasteiger partial charge in [-0.05, 0) is 50.6 Å². The molecule has 1 aliphatic heterocycles. The first-order chi connectivity index (χ1) is 10.9. The minimum Gasteiger partial charge on any atom is -0.494 e. The maximum atomic E-state index is 12.6. The maximum absolute atomic E-state index is 12.6. The molecule has 0 bridgehead atoms. The molecular weight excluding hydrogens is 347 g/mol. The zero-order valence-electron chi connectivity index (χ0n) is 13.1. The second-order valence-electron chi connectivity index (χ2n) is 5.68. The van der Waals surface area contributed by atoms with Gasteiger partial charge in [0.15, 0.2) is 0 Å². The summed E-state index contributed by atoms with van der Waals surface area (Å²) < 4.78 is 43.1. The number of aliphatic carboxylic acids is 1. The maximum Gasteiger partial charge on any atom is 0.416 e. The number of rotatable bonds is 6. The third-order valence-corrected chi connectivity index (χ3v) is 3.99. The molecule has 1 aliphatic rings. The van der Waals surface area contributed by atoms with E-state index in [0.29, 0.717) is 25.9 Å². The molecule has 0 atom stereocenters. The minimum atomic E-state index is -4.37. The van der Waals surface area contributed by atoms with E-state index in [1.54, 1.807) is 0 Å². The Morgan fingerprint density at radius 1 is 1.29 bits per heavy atom. The van der Waals surface area contributed by atoms with Crippen LogP contribution in [0.5, 0.6) is 5.75 Å². The summed E-state index contributed by atoms with van der Waals surface area (Å²) in [4.78, 5) is 13.0. The van der Waals surface area contributed by atoms with Crippen LogP contribution in [0.15, 0.2) is 24.3 Å². The number of hydrogen-bond donors (Lipinski definition) is 1. The van der Waals surface area contributed by atoms with Crippen molar-refractivity contribution in [1.82, 2.24) is 4.90 Å². The van der Waals surface area contributed by atoms with Crippen LogP contribution in [0.4, 0.5) is 13.2 Å². The second kappa shape index (κ2) is 9.13. The van der Waals surface area contributed by atoms with Gasteiger partial charge in [0.05, 0.1) is 18.1 Å². The lowest BCUT2D eigenvalue weighted by Crippen LogP contribution is -2.37. The lowest BCUT2D eigenvalue weighted by molar-refractivity contribution is -0.143. The molecule has 1 aromatic carbocycles. The van der Waals surface area contributed by atoms with Gasteiger partial charge in [0.2, 0.25) is 0 Å². The predicted molar refractivity (Wildman–Crippen MR) is 85.6 cm³/mol. The second-order valence-corrected chi connectivity index (χ2v) is 5.68. The summed E-state index contributed by atoms with van der Waals surface area (Å²) in [5, 5.41) is 8.93. The van der Waals surface area contributed by atoms with Crippen molar-refractivity contribution in [3.63, 3.8) is 0 Å². The van der Waals surface area contributed by atoms with E-state index in [2.05, 4.69) is 4.90 Å². The van der Waals surface area contributed by atoms with Crippen molar-refractivity contribution >= 4 is 18.4 Å². The van der Waals surface area contributed by atoms with Crippen LogP contribution in [-0.2, 0) is 11.0 Å². The largest absolute Gasteiger partial charge is 0.494 e. The Morgan fingerprint density at radius 2 is 1.96 bits per heavy atom. The van der Waals surface area contributed by atoms with E-state index in [9.17, 15) is 18.0 Å². The van der Waals surface area contributed by atoms with Crippen molar-refractivity contribution in [2.75, 3.05) is 26.2 Å². The molecule has 0 aliphatic carbocycles. The van der Waals surface area contributed by atoms with Crippen molar-refractivity contribution in [2.24, 2.45) is 5.92 Å². The quantitative estimate of drug-likeness (QED) is 0.779. The molecule has 8 heteroatoms. The molecule has 1 N–H and O–H groups in total. The van der Waals surface area contributed by atoms with Crippen LogP contribution in [0.3, 0.4) is 0 Å². The van der Waals surface area contributed by atoms with Crippen LogP contribution in [0.25, 0.3) is 0 Å². The molecule has 0 aromatic heterocycles. The number of nitrogens with zero attached hydrogens (tertiary/aromatic N) is 1. The minimum absolute atomic E-state index is 0. The molecular formula is C16H21ClF3NO3. The summed E-state index contributed by atoms with van der Waals surface area (Å²) >= 11 is 0. The molecule has 0 radical (unpaired) electrons. The lowest BCUT2D eigenvalue weighted by Gasteiger charge is -2.29. The molecule has 1 saturated heterocycles. The molecule has 1 heterocycles. The number of carboxylic acid groups (broad SMARTS) is 1. The van der Waals surface area contributed by atoms with Crippen molar-refractivity contribution in [2.45, 2.75) is 25.4 Å². The van der Waals surface area contributed by atoms with E-state index < -0.39 is 17.7 Å². The van der Waals surface area contributed by atoms with Gasteiger partial charge in [-0.25, -0.2) is 0 Å². The first kappa shape index (κ1) is 20.6. The third kappa shape index (κ3) is 6.20. The highest BCUT2D eigenvalue weighted by Gasteiger charge is 2.30. The zero-order valence-corrected chi connectivity index (χ0v) is 13.9. The van der Waals surface area contributed by atoms with E-state index in [4.69, 9.17) is 9.84 Å². The summed E-state index contributed by atoms with van der Waals surface area (Å²) in [7, 11) is 0. The highest BCUT2D eigenvalue weighted by Crippen LogP contribution is 2.31. The van der Waals surface area contributed by atoms with Crippen LogP contribution in [0.1, 0.15) is 24.8 Å². The normalized spacial score (nSPS) is 16.5. The Bertz CT molecular complexity index is 532. The van der Waals surface area contributed by atoms with Gasteiger partial charge in [-0.2, -0.15) is 13.2 Å². The number of carbonyl (C=O) groups is 1. The smallest absolute Gasteiger partial charge is 0.416 e. The molecule has 0 unspecified atom stereocenters. The summed E-state index contributed by atoms with van der Waals surface area (Å²) in [5.41, 5.74) is -0.717. The number of halogens is 4. The fraction of sp³-hybridized carbons (Fsp3) is 0.562. The number of likely N-dealkylation sites (tertiary alicyclic amines) is 1.